The summed E-state index contributed by atoms with van der Waals surface area (Å²) in [4.78, 5) is 12.5. The number of nitrogens with one attached hydrogen (secondary N) is 1. The Morgan fingerprint density at radius 3 is 2.48 bits per heavy atom. The van der Waals surface area contributed by atoms with E-state index in [0.29, 0.717) is 22.7 Å². The molecule has 1 aliphatic rings. The molecule has 3 rings (SSSR count). The standard InChI is InChI=1S/C16H15ClN2O5S/c1-19(2)25(21,22)12-5-3-11(4-6-12)18-16(20)10-7-13(17)15-14(8-10)23-9-24-15/h3-8H,9H2,1-2H3,(H,18,20). The van der Waals surface area contributed by atoms with Crippen molar-refractivity contribution in [2.24, 2.45) is 0 Å². The third-order valence-electron chi connectivity index (χ3n) is 3.58. The molecular weight excluding hydrogens is 368 g/mol. The second-order valence-electron chi connectivity index (χ2n) is 5.46. The number of sulfonamides is 1. The van der Waals surface area contributed by atoms with Gasteiger partial charge in [0.15, 0.2) is 11.5 Å². The molecule has 0 aliphatic carbocycles. The number of anilines is 1. The Bertz CT molecular complexity index is 926. The molecule has 2 aromatic rings. The van der Waals surface area contributed by atoms with Gasteiger partial charge in [0.05, 0.1) is 9.92 Å². The highest BCUT2D eigenvalue weighted by atomic mass is 35.5. The lowest BCUT2D eigenvalue weighted by molar-refractivity contribution is 0.102. The summed E-state index contributed by atoms with van der Waals surface area (Å²) >= 11 is 6.07. The molecule has 0 bridgehead atoms. The Morgan fingerprint density at radius 2 is 1.84 bits per heavy atom. The van der Waals surface area contributed by atoms with Gasteiger partial charge in [0.2, 0.25) is 16.8 Å². The number of ether oxygens (including phenoxy) is 2. The molecule has 1 N–H and O–H groups in total. The molecule has 0 saturated heterocycles. The minimum atomic E-state index is -3.51. The van der Waals surface area contributed by atoms with Crippen LogP contribution in [-0.2, 0) is 10.0 Å². The van der Waals surface area contributed by atoms with E-state index in [1.165, 1.54) is 50.5 Å². The average Bonchev–Trinajstić information content (AvgIpc) is 3.04. The van der Waals surface area contributed by atoms with Crippen LogP contribution in [0.4, 0.5) is 5.69 Å². The van der Waals surface area contributed by atoms with Gasteiger partial charge in [-0.1, -0.05) is 11.6 Å². The second kappa shape index (κ2) is 6.55. The number of hydrogen-bond acceptors (Lipinski definition) is 5. The largest absolute Gasteiger partial charge is 0.454 e. The Kier molecular flexibility index (Phi) is 4.59. The SMILES string of the molecule is CN(C)S(=O)(=O)c1ccc(NC(=O)c2cc(Cl)c3c(c2)OCO3)cc1. The van der Waals surface area contributed by atoms with Crippen molar-refractivity contribution in [2.75, 3.05) is 26.2 Å². The van der Waals surface area contributed by atoms with Crippen LogP contribution in [0.1, 0.15) is 10.4 Å². The maximum absolute atomic E-state index is 12.4. The summed E-state index contributed by atoms with van der Waals surface area (Å²) in [5.41, 5.74) is 0.760. The predicted molar refractivity (Wildman–Crippen MR) is 92.8 cm³/mol. The molecule has 0 atom stereocenters. The van der Waals surface area contributed by atoms with Crippen LogP contribution in [0.2, 0.25) is 5.02 Å². The first-order valence-corrected chi connectivity index (χ1v) is 9.04. The van der Waals surface area contributed by atoms with Gasteiger partial charge in [-0.15, -0.1) is 0 Å². The summed E-state index contributed by atoms with van der Waals surface area (Å²) < 4.78 is 35.6. The Morgan fingerprint density at radius 1 is 1.16 bits per heavy atom. The van der Waals surface area contributed by atoms with Crippen LogP contribution in [0.25, 0.3) is 0 Å². The number of carbonyl (C=O) groups excluding carboxylic acids is 1. The van der Waals surface area contributed by atoms with Crippen LogP contribution in [0.5, 0.6) is 11.5 Å². The van der Waals surface area contributed by atoms with Gasteiger partial charge in [-0.2, -0.15) is 0 Å². The monoisotopic (exact) mass is 382 g/mol. The topological polar surface area (TPSA) is 84.9 Å². The number of nitrogens with zero attached hydrogens (tertiary/aromatic N) is 1. The minimum Gasteiger partial charge on any atom is -0.454 e. The molecule has 0 unspecified atom stereocenters. The van der Waals surface area contributed by atoms with E-state index in [9.17, 15) is 13.2 Å². The van der Waals surface area contributed by atoms with E-state index < -0.39 is 15.9 Å². The van der Waals surface area contributed by atoms with Crippen molar-refractivity contribution in [2.45, 2.75) is 4.90 Å². The highest BCUT2D eigenvalue weighted by Crippen LogP contribution is 2.39. The van der Waals surface area contributed by atoms with Gasteiger partial charge in [-0.25, -0.2) is 12.7 Å². The van der Waals surface area contributed by atoms with Crippen molar-refractivity contribution in [1.82, 2.24) is 4.31 Å². The minimum absolute atomic E-state index is 0.0575. The van der Waals surface area contributed by atoms with Gasteiger partial charge in [0.25, 0.3) is 5.91 Å². The van der Waals surface area contributed by atoms with Crippen LogP contribution in [0.3, 0.4) is 0 Å². The lowest BCUT2D eigenvalue weighted by Gasteiger charge is -2.12. The van der Waals surface area contributed by atoms with Gasteiger partial charge >= 0.3 is 0 Å². The first-order chi connectivity index (χ1) is 11.8. The Balaban J connectivity index is 1.79. The zero-order valence-corrected chi connectivity index (χ0v) is 15.0. The fraction of sp³-hybridized carbons (Fsp3) is 0.188. The lowest BCUT2D eigenvalue weighted by Crippen LogP contribution is -2.22. The van der Waals surface area contributed by atoms with E-state index in [1.807, 2.05) is 0 Å². The molecule has 0 saturated carbocycles. The Labute approximate surface area is 150 Å². The zero-order valence-electron chi connectivity index (χ0n) is 13.4. The molecule has 9 heteroatoms. The van der Waals surface area contributed by atoms with Gasteiger partial charge < -0.3 is 14.8 Å². The van der Waals surface area contributed by atoms with Crippen molar-refractivity contribution >= 4 is 33.2 Å². The number of amides is 1. The molecule has 0 aromatic heterocycles. The van der Waals surface area contributed by atoms with E-state index in [2.05, 4.69) is 5.32 Å². The maximum Gasteiger partial charge on any atom is 0.255 e. The molecule has 1 amide bonds. The number of rotatable bonds is 4. The van der Waals surface area contributed by atoms with Crippen LogP contribution >= 0.6 is 11.6 Å². The summed E-state index contributed by atoms with van der Waals surface area (Å²) in [7, 11) is -0.608. The van der Waals surface area contributed by atoms with E-state index in [0.717, 1.165) is 4.31 Å². The third kappa shape index (κ3) is 3.41. The molecule has 132 valence electrons. The van der Waals surface area contributed by atoms with E-state index >= 15 is 0 Å². The van der Waals surface area contributed by atoms with Gasteiger partial charge in [-0.3, -0.25) is 4.79 Å². The summed E-state index contributed by atoms with van der Waals surface area (Å²) in [5.74, 6) is 0.421. The highest BCUT2D eigenvalue weighted by Gasteiger charge is 2.21. The molecule has 1 heterocycles. The van der Waals surface area contributed by atoms with Crippen molar-refractivity contribution in [3.8, 4) is 11.5 Å². The van der Waals surface area contributed by atoms with Crippen LogP contribution in [0.15, 0.2) is 41.3 Å². The smallest absolute Gasteiger partial charge is 0.255 e. The van der Waals surface area contributed by atoms with Crippen molar-refractivity contribution in [3.05, 3.63) is 47.0 Å². The molecule has 0 fully saturated rings. The molecule has 2 aromatic carbocycles. The molecule has 0 spiro atoms. The van der Waals surface area contributed by atoms with Crippen LogP contribution in [0, 0.1) is 0 Å². The summed E-state index contributed by atoms with van der Waals surface area (Å²) in [5, 5.41) is 2.97. The van der Waals surface area contributed by atoms with Crippen LogP contribution in [-0.4, -0.2) is 39.5 Å². The highest BCUT2D eigenvalue weighted by molar-refractivity contribution is 7.89. The fourth-order valence-corrected chi connectivity index (χ4v) is 3.39. The fourth-order valence-electron chi connectivity index (χ4n) is 2.22. The summed E-state index contributed by atoms with van der Waals surface area (Å²) in [6, 6.07) is 8.91. The van der Waals surface area contributed by atoms with E-state index in [-0.39, 0.29) is 16.7 Å². The third-order valence-corrected chi connectivity index (χ3v) is 5.69. The van der Waals surface area contributed by atoms with Crippen molar-refractivity contribution in [3.63, 3.8) is 0 Å². The predicted octanol–water partition coefficient (Wildman–Crippen LogP) is 2.57. The van der Waals surface area contributed by atoms with Crippen molar-refractivity contribution < 1.29 is 22.7 Å². The molecule has 7 nitrogen and oxygen atoms in total. The van der Waals surface area contributed by atoms with Gasteiger partial charge in [-0.05, 0) is 36.4 Å². The van der Waals surface area contributed by atoms with Crippen LogP contribution < -0.4 is 14.8 Å². The van der Waals surface area contributed by atoms with E-state index in [1.54, 1.807) is 0 Å². The van der Waals surface area contributed by atoms with Gasteiger partial charge in [0.1, 0.15) is 0 Å². The van der Waals surface area contributed by atoms with Gasteiger partial charge in [0, 0.05) is 25.3 Å². The average molecular weight is 383 g/mol. The quantitative estimate of drug-likeness (QED) is 0.878. The van der Waals surface area contributed by atoms with E-state index in [4.69, 9.17) is 21.1 Å². The first kappa shape index (κ1) is 17.5. The number of halogens is 1. The first-order valence-electron chi connectivity index (χ1n) is 7.22. The Hall–Kier alpha value is -2.29. The molecular formula is C16H15ClN2O5S. The summed E-state index contributed by atoms with van der Waals surface area (Å²) in [6.07, 6.45) is 0. The molecule has 1 aliphatic heterocycles. The number of hydrogen-bond donors (Lipinski definition) is 1. The lowest BCUT2D eigenvalue weighted by atomic mass is 10.2. The normalized spacial score (nSPS) is 13.1. The number of fused-ring (bicyclic) bond motifs is 1. The molecule has 25 heavy (non-hydrogen) atoms. The maximum atomic E-state index is 12.4. The molecule has 0 radical (unpaired) electrons. The second-order valence-corrected chi connectivity index (χ2v) is 8.02. The summed E-state index contributed by atoms with van der Waals surface area (Å²) in [6.45, 7) is 0.0575. The number of carbonyl (C=O) groups is 1. The van der Waals surface area contributed by atoms with Crippen molar-refractivity contribution in [1.29, 1.82) is 0 Å². The number of benzene rings is 2. The zero-order chi connectivity index (χ0) is 18.2.